The highest BCUT2D eigenvalue weighted by molar-refractivity contribution is 6.00. The molecule has 6 heteroatoms. The number of benzene rings is 3. The van der Waals surface area contributed by atoms with Crippen molar-refractivity contribution in [2.45, 2.75) is 0 Å². The van der Waals surface area contributed by atoms with E-state index >= 15 is 0 Å². The Bertz CT molecular complexity index is 1150. The summed E-state index contributed by atoms with van der Waals surface area (Å²) in [5.41, 5.74) is 3.85. The Morgan fingerprint density at radius 2 is 1.68 bits per heavy atom. The van der Waals surface area contributed by atoms with E-state index in [2.05, 4.69) is 15.6 Å². The summed E-state index contributed by atoms with van der Waals surface area (Å²) in [7, 11) is 1.57. The van der Waals surface area contributed by atoms with Crippen LogP contribution in [0.4, 0.5) is 20.6 Å². The molecule has 0 aliphatic carbocycles. The van der Waals surface area contributed by atoms with Gasteiger partial charge in [0.05, 0.1) is 7.11 Å². The summed E-state index contributed by atoms with van der Waals surface area (Å²) in [5, 5.41) is 6.38. The van der Waals surface area contributed by atoms with E-state index in [4.69, 9.17) is 4.74 Å². The van der Waals surface area contributed by atoms with Gasteiger partial charge in [-0.25, -0.2) is 9.18 Å². The van der Waals surface area contributed by atoms with Crippen LogP contribution in [0.2, 0.25) is 0 Å². The molecule has 0 saturated heterocycles. The topological polar surface area (TPSA) is 66.2 Å². The second-order valence-electron chi connectivity index (χ2n) is 6.31. The van der Waals surface area contributed by atoms with E-state index in [0.717, 1.165) is 22.2 Å². The Morgan fingerprint density at radius 1 is 0.929 bits per heavy atom. The molecule has 1 heterocycles. The van der Waals surface area contributed by atoms with Crippen molar-refractivity contribution >= 4 is 28.3 Å². The van der Waals surface area contributed by atoms with E-state index in [9.17, 15) is 9.18 Å². The molecule has 1 aromatic heterocycles. The molecule has 28 heavy (non-hydrogen) atoms. The number of ether oxygens (including phenoxy) is 1. The first-order valence-electron chi connectivity index (χ1n) is 8.71. The number of aromatic amines is 1. The average Bonchev–Trinajstić information content (AvgIpc) is 3.11. The minimum Gasteiger partial charge on any atom is -0.497 e. The summed E-state index contributed by atoms with van der Waals surface area (Å²) in [4.78, 5) is 15.6. The maximum atomic E-state index is 13.4. The lowest BCUT2D eigenvalue weighted by atomic mass is 10.1. The first kappa shape index (κ1) is 17.6. The highest BCUT2D eigenvalue weighted by Crippen LogP contribution is 2.27. The van der Waals surface area contributed by atoms with Gasteiger partial charge in [-0.05, 0) is 48.5 Å². The summed E-state index contributed by atoms with van der Waals surface area (Å²) in [6.07, 6.45) is 0. The van der Waals surface area contributed by atoms with Gasteiger partial charge in [-0.3, -0.25) is 0 Å². The van der Waals surface area contributed by atoms with Gasteiger partial charge in [0.15, 0.2) is 0 Å². The van der Waals surface area contributed by atoms with E-state index in [-0.39, 0.29) is 11.8 Å². The van der Waals surface area contributed by atoms with Crippen molar-refractivity contribution < 1.29 is 13.9 Å². The number of H-pyrrole nitrogens is 1. The molecule has 0 aliphatic rings. The molecule has 5 nitrogen and oxygen atoms in total. The molecular formula is C22H18FN3O2. The fourth-order valence-corrected chi connectivity index (χ4v) is 3.02. The zero-order valence-electron chi connectivity index (χ0n) is 15.1. The van der Waals surface area contributed by atoms with Crippen LogP contribution >= 0.6 is 0 Å². The van der Waals surface area contributed by atoms with E-state index < -0.39 is 0 Å². The van der Waals surface area contributed by atoms with Crippen LogP contribution in [0.5, 0.6) is 5.75 Å². The maximum absolute atomic E-state index is 13.4. The van der Waals surface area contributed by atoms with Crippen molar-refractivity contribution in [2.24, 2.45) is 0 Å². The van der Waals surface area contributed by atoms with Crippen molar-refractivity contribution in [3.8, 4) is 17.0 Å². The molecule has 0 unspecified atom stereocenters. The number of urea groups is 1. The molecule has 0 atom stereocenters. The number of carbonyl (C=O) groups excluding carboxylic acids is 1. The maximum Gasteiger partial charge on any atom is 0.323 e. The van der Waals surface area contributed by atoms with E-state index in [0.29, 0.717) is 17.1 Å². The Labute approximate surface area is 161 Å². The van der Waals surface area contributed by atoms with Crippen LogP contribution in [0.3, 0.4) is 0 Å². The summed E-state index contributed by atoms with van der Waals surface area (Å²) < 4.78 is 18.6. The van der Waals surface area contributed by atoms with Gasteiger partial charge in [0.1, 0.15) is 11.6 Å². The number of hydrogen-bond acceptors (Lipinski definition) is 2. The fraction of sp³-hybridized carbons (Fsp3) is 0.0455. The first-order valence-corrected chi connectivity index (χ1v) is 8.71. The second-order valence-corrected chi connectivity index (χ2v) is 6.31. The van der Waals surface area contributed by atoms with Crippen LogP contribution in [0.1, 0.15) is 0 Å². The molecule has 0 bridgehead atoms. The number of amides is 2. The van der Waals surface area contributed by atoms with E-state index in [1.54, 1.807) is 43.5 Å². The number of fused-ring (bicyclic) bond motifs is 1. The molecule has 4 aromatic rings. The number of methoxy groups -OCH3 is 1. The SMILES string of the molecule is COc1cccc(NC(=O)Nc2cccc(-c3cc4cc(F)ccc4[nH]3)c2)c1. The number of nitrogens with one attached hydrogen (secondary N) is 3. The molecular weight excluding hydrogens is 357 g/mol. The molecule has 0 fully saturated rings. The van der Waals surface area contributed by atoms with Crippen molar-refractivity contribution in [1.82, 2.24) is 4.98 Å². The number of carbonyl (C=O) groups is 1. The fourth-order valence-electron chi connectivity index (χ4n) is 3.02. The minimum absolute atomic E-state index is 0.275. The number of halogens is 1. The van der Waals surface area contributed by atoms with Crippen molar-refractivity contribution in [2.75, 3.05) is 17.7 Å². The molecule has 3 N–H and O–H groups in total. The average molecular weight is 375 g/mol. The van der Waals surface area contributed by atoms with Gasteiger partial charge in [-0.15, -0.1) is 0 Å². The smallest absolute Gasteiger partial charge is 0.323 e. The normalized spacial score (nSPS) is 10.6. The molecule has 0 radical (unpaired) electrons. The van der Waals surface area contributed by atoms with Crippen LogP contribution in [0, 0.1) is 5.82 Å². The molecule has 0 saturated carbocycles. The summed E-state index contributed by atoms with van der Waals surface area (Å²) in [5.74, 6) is 0.387. The summed E-state index contributed by atoms with van der Waals surface area (Å²) >= 11 is 0. The van der Waals surface area contributed by atoms with E-state index in [1.165, 1.54) is 12.1 Å². The number of rotatable bonds is 4. The van der Waals surface area contributed by atoms with Gasteiger partial charge in [-0.2, -0.15) is 0 Å². The van der Waals surface area contributed by atoms with Gasteiger partial charge in [0.2, 0.25) is 0 Å². The third-order valence-corrected chi connectivity index (χ3v) is 4.34. The van der Waals surface area contributed by atoms with Crippen LogP contribution in [-0.2, 0) is 0 Å². The minimum atomic E-state index is -0.357. The van der Waals surface area contributed by atoms with Gasteiger partial charge in [0, 0.05) is 39.6 Å². The lowest BCUT2D eigenvalue weighted by Crippen LogP contribution is -2.19. The Hall–Kier alpha value is -3.80. The van der Waals surface area contributed by atoms with Gasteiger partial charge >= 0.3 is 6.03 Å². The predicted octanol–water partition coefficient (Wildman–Crippen LogP) is 5.63. The predicted molar refractivity (Wildman–Crippen MR) is 109 cm³/mol. The zero-order chi connectivity index (χ0) is 19.5. The quantitative estimate of drug-likeness (QED) is 0.433. The highest BCUT2D eigenvalue weighted by Gasteiger charge is 2.07. The number of aromatic nitrogens is 1. The van der Waals surface area contributed by atoms with Crippen molar-refractivity contribution in [3.63, 3.8) is 0 Å². The third kappa shape index (κ3) is 3.81. The first-order chi connectivity index (χ1) is 13.6. The lowest BCUT2D eigenvalue weighted by molar-refractivity contribution is 0.262. The van der Waals surface area contributed by atoms with Crippen molar-refractivity contribution in [3.05, 3.63) is 78.6 Å². The lowest BCUT2D eigenvalue weighted by Gasteiger charge is -2.09. The summed E-state index contributed by atoms with van der Waals surface area (Å²) in [6, 6.07) is 20.7. The largest absolute Gasteiger partial charge is 0.497 e. The standard InChI is InChI=1S/C22H18FN3O2/c1-28-19-7-3-6-18(13-19)25-22(27)24-17-5-2-4-14(11-17)21-12-15-10-16(23)8-9-20(15)26-21/h2-13,26H,1H3,(H2,24,25,27). The highest BCUT2D eigenvalue weighted by atomic mass is 19.1. The molecule has 4 rings (SSSR count). The molecule has 2 amide bonds. The molecule has 140 valence electrons. The van der Waals surface area contributed by atoms with Gasteiger partial charge in [0.25, 0.3) is 0 Å². The van der Waals surface area contributed by atoms with Gasteiger partial charge in [-0.1, -0.05) is 18.2 Å². The van der Waals surface area contributed by atoms with Crippen LogP contribution < -0.4 is 15.4 Å². The third-order valence-electron chi connectivity index (χ3n) is 4.34. The Kier molecular flexibility index (Phi) is 4.68. The Balaban J connectivity index is 1.52. The van der Waals surface area contributed by atoms with E-state index in [1.807, 2.05) is 24.3 Å². The Morgan fingerprint density at radius 3 is 2.46 bits per heavy atom. The second kappa shape index (κ2) is 7.44. The van der Waals surface area contributed by atoms with Crippen LogP contribution in [-0.4, -0.2) is 18.1 Å². The number of anilines is 2. The van der Waals surface area contributed by atoms with Crippen LogP contribution in [0.15, 0.2) is 72.8 Å². The molecule has 0 aliphatic heterocycles. The van der Waals surface area contributed by atoms with Gasteiger partial charge < -0.3 is 20.4 Å². The molecule has 0 spiro atoms. The number of hydrogen-bond donors (Lipinski definition) is 3. The summed E-state index contributed by atoms with van der Waals surface area (Å²) in [6.45, 7) is 0. The monoisotopic (exact) mass is 375 g/mol. The zero-order valence-corrected chi connectivity index (χ0v) is 15.1. The molecule has 3 aromatic carbocycles. The van der Waals surface area contributed by atoms with Crippen LogP contribution in [0.25, 0.3) is 22.2 Å². The van der Waals surface area contributed by atoms with Crippen molar-refractivity contribution in [1.29, 1.82) is 0 Å².